The van der Waals surface area contributed by atoms with Crippen molar-refractivity contribution in [2.24, 2.45) is 0 Å². The zero-order valence-electron chi connectivity index (χ0n) is 11.9. The Morgan fingerprint density at radius 2 is 1.21 bits per heavy atom. The molecule has 0 heteroatoms. The second-order valence-corrected chi connectivity index (χ2v) is 5.04. The minimum atomic E-state index is 1.24. The van der Waals surface area contributed by atoms with Crippen LogP contribution in [0.1, 0.15) is 29.2 Å². The van der Waals surface area contributed by atoms with E-state index >= 15 is 0 Å². The molecule has 0 radical (unpaired) electrons. The summed E-state index contributed by atoms with van der Waals surface area (Å²) >= 11 is 0. The Bertz CT molecular complexity index is 581. The quantitative estimate of drug-likeness (QED) is 0.636. The first-order valence-electron chi connectivity index (χ1n) is 6.63. The molecule has 0 aliphatic rings. The molecule has 0 aliphatic heterocycles. The lowest BCUT2D eigenvalue weighted by Gasteiger charge is -1.98. The molecular weight excluding hydrogens is 228 g/mol. The molecule has 96 valence electrons. The maximum absolute atomic E-state index is 2.20. The molecule has 0 nitrogen and oxygen atoms in total. The van der Waals surface area contributed by atoms with Crippen molar-refractivity contribution >= 4 is 12.2 Å². The van der Waals surface area contributed by atoms with Crippen molar-refractivity contribution in [3.63, 3.8) is 0 Å². The highest BCUT2D eigenvalue weighted by Crippen LogP contribution is 2.11. The minimum absolute atomic E-state index is 1.24. The van der Waals surface area contributed by atoms with Crippen molar-refractivity contribution in [1.82, 2.24) is 0 Å². The van der Waals surface area contributed by atoms with E-state index in [4.69, 9.17) is 0 Å². The predicted molar refractivity (Wildman–Crippen MR) is 85.0 cm³/mol. The van der Waals surface area contributed by atoms with E-state index < -0.39 is 0 Å². The van der Waals surface area contributed by atoms with E-state index in [1.165, 1.54) is 27.8 Å². The summed E-state index contributed by atoms with van der Waals surface area (Å²) < 4.78 is 0. The molecule has 0 aromatic heterocycles. The molecule has 0 spiro atoms. The summed E-state index contributed by atoms with van der Waals surface area (Å²) in [4.78, 5) is 0. The number of benzene rings is 2. The topological polar surface area (TPSA) is 0 Å². The van der Waals surface area contributed by atoms with E-state index in [1.807, 2.05) is 0 Å². The summed E-state index contributed by atoms with van der Waals surface area (Å²) in [7, 11) is 0. The Morgan fingerprint density at radius 3 is 1.74 bits per heavy atom. The maximum Gasteiger partial charge on any atom is -0.0254 e. The lowest BCUT2D eigenvalue weighted by atomic mass is 10.1. The van der Waals surface area contributed by atoms with E-state index in [9.17, 15) is 0 Å². The van der Waals surface area contributed by atoms with Gasteiger partial charge in [-0.3, -0.25) is 0 Å². The van der Waals surface area contributed by atoms with Gasteiger partial charge in [-0.2, -0.15) is 0 Å². The van der Waals surface area contributed by atoms with Gasteiger partial charge in [-0.1, -0.05) is 83.5 Å². The Balaban J connectivity index is 2.09. The monoisotopic (exact) mass is 248 g/mol. The first-order chi connectivity index (χ1) is 9.13. The number of allylic oxidation sites excluding steroid dienone is 2. The normalized spacial score (nSPS) is 12.1. The van der Waals surface area contributed by atoms with Crippen LogP contribution in [-0.4, -0.2) is 0 Å². The Morgan fingerprint density at radius 1 is 0.737 bits per heavy atom. The highest BCUT2D eigenvalue weighted by atomic mass is 14.0. The number of rotatable bonds is 3. The zero-order chi connectivity index (χ0) is 13.7. The molecule has 19 heavy (non-hydrogen) atoms. The van der Waals surface area contributed by atoms with E-state index in [2.05, 4.69) is 87.5 Å². The average Bonchev–Trinajstić information content (AvgIpc) is 2.41. The predicted octanol–water partition coefficient (Wildman–Crippen LogP) is 5.42. The van der Waals surface area contributed by atoms with Gasteiger partial charge in [-0.05, 0) is 31.9 Å². The zero-order valence-corrected chi connectivity index (χ0v) is 11.9. The number of aryl methyl sites for hydroxylation is 2. The molecule has 0 saturated heterocycles. The lowest BCUT2D eigenvalue weighted by molar-refractivity contribution is 1.45. The summed E-state index contributed by atoms with van der Waals surface area (Å²) in [6.07, 6.45) is 6.51. The van der Waals surface area contributed by atoms with Crippen LogP contribution in [0.15, 0.2) is 60.2 Å². The molecule has 0 N–H and O–H groups in total. The standard InChI is InChI=1S/C19H20/c1-15-4-9-18(10-5-15)11-8-17(3)14-19-12-6-16(2)7-13-19/h4-14H,1-3H3/b11-8+,17-14-. The van der Waals surface area contributed by atoms with Gasteiger partial charge in [0.1, 0.15) is 0 Å². The number of hydrogen-bond acceptors (Lipinski definition) is 0. The fourth-order valence-electron chi connectivity index (χ4n) is 1.88. The molecule has 0 amide bonds. The van der Waals surface area contributed by atoms with Crippen molar-refractivity contribution < 1.29 is 0 Å². The molecule has 2 aromatic carbocycles. The van der Waals surface area contributed by atoms with E-state index in [1.54, 1.807) is 0 Å². The van der Waals surface area contributed by atoms with Gasteiger partial charge in [-0.15, -0.1) is 0 Å². The Labute approximate surface area is 116 Å². The molecule has 2 aromatic rings. The smallest absolute Gasteiger partial charge is 0.0254 e. The van der Waals surface area contributed by atoms with Crippen LogP contribution in [0.25, 0.3) is 12.2 Å². The molecular formula is C19H20. The molecule has 0 unspecified atom stereocenters. The first kappa shape index (κ1) is 13.4. The van der Waals surface area contributed by atoms with Gasteiger partial charge in [0.05, 0.1) is 0 Å². The van der Waals surface area contributed by atoms with E-state index in [0.717, 1.165) is 0 Å². The van der Waals surface area contributed by atoms with Crippen molar-refractivity contribution in [2.45, 2.75) is 20.8 Å². The van der Waals surface area contributed by atoms with Crippen molar-refractivity contribution in [2.75, 3.05) is 0 Å². The van der Waals surface area contributed by atoms with Crippen LogP contribution in [0.4, 0.5) is 0 Å². The van der Waals surface area contributed by atoms with Gasteiger partial charge >= 0.3 is 0 Å². The van der Waals surface area contributed by atoms with E-state index in [0.29, 0.717) is 0 Å². The molecule has 2 rings (SSSR count). The summed E-state index contributed by atoms with van der Waals surface area (Å²) in [6, 6.07) is 17.1. The highest BCUT2D eigenvalue weighted by Gasteiger charge is 1.90. The molecule has 0 saturated carbocycles. The number of hydrogen-bond donors (Lipinski definition) is 0. The molecule has 0 atom stereocenters. The molecule has 0 aliphatic carbocycles. The Kier molecular flexibility index (Phi) is 4.35. The Hall–Kier alpha value is -2.08. The van der Waals surface area contributed by atoms with Gasteiger partial charge < -0.3 is 0 Å². The van der Waals surface area contributed by atoms with Crippen LogP contribution in [0, 0.1) is 13.8 Å². The average molecular weight is 248 g/mol. The van der Waals surface area contributed by atoms with Gasteiger partial charge in [0.15, 0.2) is 0 Å². The van der Waals surface area contributed by atoms with Crippen molar-refractivity contribution in [1.29, 1.82) is 0 Å². The molecule has 0 bridgehead atoms. The van der Waals surface area contributed by atoms with Crippen LogP contribution in [0.3, 0.4) is 0 Å². The van der Waals surface area contributed by atoms with Gasteiger partial charge in [0.2, 0.25) is 0 Å². The van der Waals surface area contributed by atoms with Crippen LogP contribution in [0.5, 0.6) is 0 Å². The third-order valence-corrected chi connectivity index (χ3v) is 3.09. The van der Waals surface area contributed by atoms with Crippen LogP contribution < -0.4 is 0 Å². The maximum atomic E-state index is 2.20. The minimum Gasteiger partial charge on any atom is -0.0587 e. The van der Waals surface area contributed by atoms with Gasteiger partial charge in [0.25, 0.3) is 0 Å². The second-order valence-electron chi connectivity index (χ2n) is 5.04. The largest absolute Gasteiger partial charge is 0.0587 e. The highest BCUT2D eigenvalue weighted by molar-refractivity contribution is 5.61. The van der Waals surface area contributed by atoms with Gasteiger partial charge in [-0.25, -0.2) is 0 Å². The fourth-order valence-corrected chi connectivity index (χ4v) is 1.88. The van der Waals surface area contributed by atoms with E-state index in [-0.39, 0.29) is 0 Å². The van der Waals surface area contributed by atoms with Crippen LogP contribution >= 0.6 is 0 Å². The van der Waals surface area contributed by atoms with Crippen LogP contribution in [0.2, 0.25) is 0 Å². The summed E-state index contributed by atoms with van der Waals surface area (Å²) in [5.74, 6) is 0. The third-order valence-electron chi connectivity index (χ3n) is 3.09. The summed E-state index contributed by atoms with van der Waals surface area (Å²) in [5.41, 5.74) is 6.33. The van der Waals surface area contributed by atoms with Crippen LogP contribution in [-0.2, 0) is 0 Å². The molecule has 0 heterocycles. The second kappa shape index (κ2) is 6.19. The third kappa shape index (κ3) is 4.26. The molecule has 0 fully saturated rings. The first-order valence-corrected chi connectivity index (χ1v) is 6.63. The summed E-state index contributed by atoms with van der Waals surface area (Å²) in [6.45, 7) is 6.35. The SMILES string of the molecule is CC(=C/c1ccc(C)cc1)/C=C/c1ccc(C)cc1. The fraction of sp³-hybridized carbons (Fsp3) is 0.158. The van der Waals surface area contributed by atoms with Crippen molar-refractivity contribution in [3.05, 3.63) is 82.4 Å². The van der Waals surface area contributed by atoms with Gasteiger partial charge in [0, 0.05) is 0 Å². The summed E-state index contributed by atoms with van der Waals surface area (Å²) in [5, 5.41) is 0. The lowest BCUT2D eigenvalue weighted by Crippen LogP contribution is -1.77. The van der Waals surface area contributed by atoms with Crippen molar-refractivity contribution in [3.8, 4) is 0 Å².